The minimum Gasteiger partial charge on any atom is -0.342 e. The summed E-state index contributed by atoms with van der Waals surface area (Å²) in [4.78, 5) is 36.9. The number of imide groups is 1. The number of carbonyl (C=O) groups is 3. The van der Waals surface area contributed by atoms with Gasteiger partial charge in [-0.3, -0.25) is 14.9 Å². The predicted octanol–water partition coefficient (Wildman–Crippen LogP) is -0.828. The van der Waals surface area contributed by atoms with Crippen LogP contribution in [0.4, 0.5) is 4.79 Å². The largest absolute Gasteiger partial charge is 0.342 e. The highest BCUT2D eigenvalue weighted by Gasteiger charge is 2.48. The Bertz CT molecular complexity index is 398. The summed E-state index contributed by atoms with van der Waals surface area (Å²) in [6.45, 7) is 3.23. The van der Waals surface area contributed by atoms with Gasteiger partial charge in [-0.25, -0.2) is 4.79 Å². The number of nitrogens with one attached hydrogen (secondary N) is 2. The van der Waals surface area contributed by atoms with E-state index in [1.165, 1.54) is 0 Å². The first kappa shape index (κ1) is 13.8. The first-order valence-corrected chi connectivity index (χ1v) is 6.65. The first-order valence-electron chi connectivity index (χ1n) is 6.65. The molecule has 0 bridgehead atoms. The van der Waals surface area contributed by atoms with E-state index in [0.29, 0.717) is 38.9 Å². The third kappa shape index (κ3) is 2.42. The van der Waals surface area contributed by atoms with Crippen LogP contribution in [0.5, 0.6) is 0 Å². The summed E-state index contributed by atoms with van der Waals surface area (Å²) in [7, 11) is 0. The van der Waals surface area contributed by atoms with Crippen LogP contribution in [0.2, 0.25) is 0 Å². The fraction of sp³-hybridized carbons (Fsp3) is 0.750. The van der Waals surface area contributed by atoms with Crippen molar-refractivity contribution in [1.82, 2.24) is 15.5 Å². The Labute approximate surface area is 111 Å². The molecular weight excluding hydrogens is 248 g/mol. The maximum absolute atomic E-state index is 12.2. The van der Waals surface area contributed by atoms with E-state index in [1.54, 1.807) is 4.90 Å². The first-order chi connectivity index (χ1) is 9.02. The molecule has 1 atom stereocenters. The van der Waals surface area contributed by atoms with Crippen LogP contribution in [0.1, 0.15) is 26.2 Å². The Morgan fingerprint density at radius 3 is 2.47 bits per heavy atom. The highest BCUT2D eigenvalue weighted by atomic mass is 16.2. The fourth-order valence-electron chi connectivity index (χ4n) is 2.69. The van der Waals surface area contributed by atoms with E-state index >= 15 is 0 Å². The number of amides is 4. The maximum Gasteiger partial charge on any atom is 0.322 e. The molecule has 7 nitrogen and oxygen atoms in total. The van der Waals surface area contributed by atoms with E-state index in [2.05, 4.69) is 10.6 Å². The summed E-state index contributed by atoms with van der Waals surface area (Å²) in [6.07, 6.45) is 1.63. The van der Waals surface area contributed by atoms with Crippen molar-refractivity contribution in [1.29, 1.82) is 0 Å². The third-order valence-corrected chi connectivity index (χ3v) is 4.07. The van der Waals surface area contributed by atoms with Gasteiger partial charge in [0.25, 0.3) is 5.91 Å². The van der Waals surface area contributed by atoms with Gasteiger partial charge in [0.1, 0.15) is 5.54 Å². The number of rotatable bonds is 3. The number of urea groups is 1. The zero-order valence-corrected chi connectivity index (χ0v) is 11.1. The van der Waals surface area contributed by atoms with Gasteiger partial charge in [-0.15, -0.1) is 0 Å². The van der Waals surface area contributed by atoms with Crippen LogP contribution in [0.15, 0.2) is 0 Å². The van der Waals surface area contributed by atoms with Crippen molar-refractivity contribution in [2.75, 3.05) is 19.6 Å². The van der Waals surface area contributed by atoms with Crippen molar-refractivity contribution in [3.05, 3.63) is 0 Å². The van der Waals surface area contributed by atoms with E-state index in [-0.39, 0.29) is 17.7 Å². The molecule has 4 amide bonds. The number of piperidine rings is 1. The third-order valence-electron chi connectivity index (χ3n) is 4.07. The van der Waals surface area contributed by atoms with E-state index in [0.717, 1.165) is 0 Å². The molecule has 0 radical (unpaired) electrons. The van der Waals surface area contributed by atoms with Crippen LogP contribution in [-0.2, 0) is 9.59 Å². The van der Waals surface area contributed by atoms with Gasteiger partial charge in [0.2, 0.25) is 5.91 Å². The number of likely N-dealkylation sites (tertiary alicyclic amines) is 1. The smallest absolute Gasteiger partial charge is 0.322 e. The SMILES string of the molecule is CCC(CN)C(=O)N1CCC2(CC1)NC(=O)NC2=O. The molecule has 0 aromatic carbocycles. The molecule has 1 spiro atoms. The normalized spacial score (nSPS) is 23.2. The summed E-state index contributed by atoms with van der Waals surface area (Å²) >= 11 is 0. The van der Waals surface area contributed by atoms with E-state index in [4.69, 9.17) is 5.73 Å². The molecule has 2 saturated heterocycles. The summed E-state index contributed by atoms with van der Waals surface area (Å²) in [5.41, 5.74) is 4.76. The lowest BCUT2D eigenvalue weighted by Crippen LogP contribution is -2.56. The quantitative estimate of drug-likeness (QED) is 0.581. The number of nitrogens with zero attached hydrogens (tertiary/aromatic N) is 1. The second kappa shape index (κ2) is 5.16. The van der Waals surface area contributed by atoms with Crippen molar-refractivity contribution >= 4 is 17.8 Å². The Hall–Kier alpha value is -1.63. The number of hydrogen-bond acceptors (Lipinski definition) is 4. The van der Waals surface area contributed by atoms with E-state index in [9.17, 15) is 14.4 Å². The van der Waals surface area contributed by atoms with Gasteiger partial charge < -0.3 is 16.0 Å². The van der Waals surface area contributed by atoms with Crippen LogP contribution in [0, 0.1) is 5.92 Å². The van der Waals surface area contributed by atoms with Crippen molar-refractivity contribution in [3.8, 4) is 0 Å². The lowest BCUT2D eigenvalue weighted by molar-refractivity contribution is -0.139. The minimum absolute atomic E-state index is 0.0459. The van der Waals surface area contributed by atoms with Crippen molar-refractivity contribution in [3.63, 3.8) is 0 Å². The molecule has 19 heavy (non-hydrogen) atoms. The molecule has 2 heterocycles. The second-order valence-electron chi connectivity index (χ2n) is 5.16. The average Bonchev–Trinajstić information content (AvgIpc) is 2.66. The molecule has 106 valence electrons. The molecule has 7 heteroatoms. The van der Waals surface area contributed by atoms with Crippen LogP contribution < -0.4 is 16.4 Å². The lowest BCUT2D eigenvalue weighted by Gasteiger charge is -2.38. The zero-order chi connectivity index (χ0) is 14.0. The van der Waals surface area contributed by atoms with Gasteiger partial charge in [-0.1, -0.05) is 6.92 Å². The van der Waals surface area contributed by atoms with Gasteiger partial charge in [-0.05, 0) is 19.3 Å². The Morgan fingerprint density at radius 2 is 2.05 bits per heavy atom. The topological polar surface area (TPSA) is 105 Å². The molecule has 1 unspecified atom stereocenters. The fourth-order valence-corrected chi connectivity index (χ4v) is 2.69. The molecule has 2 aliphatic rings. The minimum atomic E-state index is -0.821. The van der Waals surface area contributed by atoms with Gasteiger partial charge in [0.15, 0.2) is 0 Å². The monoisotopic (exact) mass is 268 g/mol. The van der Waals surface area contributed by atoms with Crippen LogP contribution in [0.25, 0.3) is 0 Å². The summed E-state index contributed by atoms with van der Waals surface area (Å²) in [5.74, 6) is -0.388. The predicted molar refractivity (Wildman–Crippen MR) is 68.1 cm³/mol. The summed E-state index contributed by atoms with van der Waals surface area (Å²) in [5, 5.41) is 4.93. The standard InChI is InChI=1S/C12H20N4O3/c1-2-8(7-13)9(17)16-5-3-12(4-6-16)10(18)14-11(19)15-12/h8H,2-7,13H2,1H3,(H2,14,15,18,19). The molecule has 2 fully saturated rings. The van der Waals surface area contributed by atoms with Crippen molar-refractivity contribution in [2.24, 2.45) is 11.7 Å². The molecule has 2 rings (SSSR count). The maximum atomic E-state index is 12.2. The molecule has 0 aromatic heterocycles. The molecular formula is C12H20N4O3. The second-order valence-corrected chi connectivity index (χ2v) is 5.16. The van der Waals surface area contributed by atoms with E-state index < -0.39 is 11.6 Å². The van der Waals surface area contributed by atoms with E-state index in [1.807, 2.05) is 6.92 Å². The van der Waals surface area contributed by atoms with Gasteiger partial charge in [0.05, 0.1) is 5.92 Å². The van der Waals surface area contributed by atoms with Crippen molar-refractivity contribution < 1.29 is 14.4 Å². The number of nitrogens with two attached hydrogens (primary N) is 1. The summed E-state index contributed by atoms with van der Waals surface area (Å²) < 4.78 is 0. The van der Waals surface area contributed by atoms with Crippen LogP contribution >= 0.6 is 0 Å². The van der Waals surface area contributed by atoms with Gasteiger partial charge in [0, 0.05) is 19.6 Å². The Morgan fingerprint density at radius 1 is 1.42 bits per heavy atom. The Balaban J connectivity index is 1.98. The number of carbonyl (C=O) groups excluding carboxylic acids is 3. The highest BCUT2D eigenvalue weighted by molar-refractivity contribution is 6.07. The van der Waals surface area contributed by atoms with Gasteiger partial charge in [-0.2, -0.15) is 0 Å². The molecule has 0 aliphatic carbocycles. The molecule has 0 aromatic rings. The molecule has 2 aliphatic heterocycles. The van der Waals surface area contributed by atoms with Crippen molar-refractivity contribution in [2.45, 2.75) is 31.7 Å². The number of hydrogen-bond donors (Lipinski definition) is 3. The highest BCUT2D eigenvalue weighted by Crippen LogP contribution is 2.26. The van der Waals surface area contributed by atoms with Gasteiger partial charge >= 0.3 is 6.03 Å². The zero-order valence-electron chi connectivity index (χ0n) is 11.1. The Kier molecular flexibility index (Phi) is 3.75. The lowest BCUT2D eigenvalue weighted by atomic mass is 9.87. The average molecular weight is 268 g/mol. The molecule has 4 N–H and O–H groups in total. The van der Waals surface area contributed by atoms with Crippen LogP contribution in [0.3, 0.4) is 0 Å². The summed E-state index contributed by atoms with van der Waals surface area (Å²) in [6, 6.07) is -0.446. The molecule has 0 saturated carbocycles. The van der Waals surface area contributed by atoms with Crippen LogP contribution in [-0.4, -0.2) is 47.9 Å².